The summed E-state index contributed by atoms with van der Waals surface area (Å²) in [7, 11) is 1.95. The molecule has 0 aliphatic heterocycles. The number of rotatable bonds is 3. The van der Waals surface area contributed by atoms with E-state index in [1.165, 1.54) is 0 Å². The van der Waals surface area contributed by atoms with Crippen LogP contribution in [0.2, 0.25) is 0 Å². The molecule has 84 valence electrons. The Morgan fingerprint density at radius 2 is 2.19 bits per heavy atom. The van der Waals surface area contributed by atoms with Crippen molar-refractivity contribution >= 4 is 5.95 Å². The first-order valence-corrected chi connectivity index (χ1v) is 5.28. The van der Waals surface area contributed by atoms with Gasteiger partial charge in [-0.25, -0.2) is 15.0 Å². The van der Waals surface area contributed by atoms with Crippen molar-refractivity contribution < 1.29 is 0 Å². The van der Waals surface area contributed by atoms with E-state index < -0.39 is 0 Å². The summed E-state index contributed by atoms with van der Waals surface area (Å²) in [5.41, 5.74) is 1.78. The van der Waals surface area contributed by atoms with Gasteiger partial charge in [0.15, 0.2) is 5.82 Å². The first kappa shape index (κ1) is 10.6. The van der Waals surface area contributed by atoms with Gasteiger partial charge in [0.25, 0.3) is 0 Å². The summed E-state index contributed by atoms with van der Waals surface area (Å²) in [5.74, 6) is 1.50. The summed E-state index contributed by atoms with van der Waals surface area (Å²) in [6, 6.07) is 1.93. The third kappa shape index (κ3) is 2.03. The first-order chi connectivity index (χ1) is 7.70. The zero-order valence-corrected chi connectivity index (χ0v) is 9.73. The fraction of sp³-hybridized carbons (Fsp3) is 0.364. The minimum absolute atomic E-state index is 0.653. The Morgan fingerprint density at radius 1 is 1.38 bits per heavy atom. The number of hydrogen-bond acceptors (Lipinski definition) is 4. The summed E-state index contributed by atoms with van der Waals surface area (Å²) in [6.07, 6.45) is 3.67. The van der Waals surface area contributed by atoms with Crippen molar-refractivity contribution in [3.05, 3.63) is 24.2 Å². The Hall–Kier alpha value is -1.91. The number of aromatic nitrogens is 4. The number of imidazole rings is 1. The van der Waals surface area contributed by atoms with Crippen LogP contribution in [0.25, 0.3) is 11.5 Å². The Morgan fingerprint density at radius 3 is 2.81 bits per heavy atom. The van der Waals surface area contributed by atoms with Crippen LogP contribution in [0.15, 0.2) is 18.5 Å². The van der Waals surface area contributed by atoms with Crippen molar-refractivity contribution in [2.45, 2.75) is 13.8 Å². The quantitative estimate of drug-likeness (QED) is 0.848. The van der Waals surface area contributed by atoms with Crippen LogP contribution >= 0.6 is 0 Å². The van der Waals surface area contributed by atoms with Gasteiger partial charge in [0.2, 0.25) is 5.95 Å². The molecule has 0 amide bonds. The molecule has 0 aliphatic rings. The molecule has 0 aromatic carbocycles. The van der Waals surface area contributed by atoms with E-state index in [-0.39, 0.29) is 0 Å². The third-order valence-electron chi connectivity index (χ3n) is 2.24. The number of nitrogens with zero attached hydrogens (tertiary/aromatic N) is 4. The van der Waals surface area contributed by atoms with Crippen molar-refractivity contribution in [1.82, 2.24) is 19.5 Å². The van der Waals surface area contributed by atoms with E-state index in [1.807, 2.05) is 37.7 Å². The molecule has 0 spiro atoms. The number of anilines is 1. The van der Waals surface area contributed by atoms with E-state index in [2.05, 4.69) is 20.3 Å². The Bertz CT molecular complexity index is 489. The van der Waals surface area contributed by atoms with Crippen LogP contribution in [0.5, 0.6) is 0 Å². The van der Waals surface area contributed by atoms with Crippen molar-refractivity contribution in [3.63, 3.8) is 0 Å². The van der Waals surface area contributed by atoms with Gasteiger partial charge >= 0.3 is 0 Å². The lowest BCUT2D eigenvalue weighted by molar-refractivity contribution is 0.912. The molecule has 0 unspecified atom stereocenters. The maximum absolute atomic E-state index is 4.42. The first-order valence-electron chi connectivity index (χ1n) is 5.28. The molecule has 0 fully saturated rings. The molecular weight excluding hydrogens is 202 g/mol. The van der Waals surface area contributed by atoms with Gasteiger partial charge in [0, 0.05) is 31.7 Å². The molecule has 2 aromatic heterocycles. The highest BCUT2D eigenvalue weighted by Gasteiger charge is 2.07. The molecule has 2 heterocycles. The van der Waals surface area contributed by atoms with Crippen LogP contribution in [-0.4, -0.2) is 26.1 Å². The SMILES string of the molecule is CCNc1nc(C)cc(-c2nccn2C)n1. The lowest BCUT2D eigenvalue weighted by Crippen LogP contribution is -2.05. The number of nitrogens with one attached hydrogen (secondary N) is 1. The summed E-state index contributed by atoms with van der Waals surface area (Å²) in [6.45, 7) is 4.78. The van der Waals surface area contributed by atoms with Gasteiger partial charge in [-0.1, -0.05) is 0 Å². The molecule has 0 saturated carbocycles. The summed E-state index contributed by atoms with van der Waals surface area (Å²) in [5, 5.41) is 3.11. The predicted molar refractivity (Wildman–Crippen MR) is 63.1 cm³/mol. The minimum Gasteiger partial charge on any atom is -0.354 e. The van der Waals surface area contributed by atoms with Gasteiger partial charge in [-0.2, -0.15) is 0 Å². The molecule has 0 bridgehead atoms. The molecule has 2 aromatic rings. The summed E-state index contributed by atoms with van der Waals surface area (Å²) < 4.78 is 1.94. The van der Waals surface area contributed by atoms with Crippen LogP contribution in [-0.2, 0) is 7.05 Å². The van der Waals surface area contributed by atoms with Crippen molar-refractivity contribution in [1.29, 1.82) is 0 Å². The molecule has 16 heavy (non-hydrogen) atoms. The van der Waals surface area contributed by atoms with E-state index in [0.29, 0.717) is 5.95 Å². The van der Waals surface area contributed by atoms with Gasteiger partial charge in [-0.3, -0.25) is 0 Å². The zero-order chi connectivity index (χ0) is 11.5. The number of aryl methyl sites for hydroxylation is 2. The largest absolute Gasteiger partial charge is 0.354 e. The molecule has 5 heteroatoms. The molecule has 1 N–H and O–H groups in total. The van der Waals surface area contributed by atoms with E-state index in [0.717, 1.165) is 23.8 Å². The maximum atomic E-state index is 4.42. The number of hydrogen-bond donors (Lipinski definition) is 1. The second-order valence-electron chi connectivity index (χ2n) is 3.61. The second kappa shape index (κ2) is 4.30. The minimum atomic E-state index is 0.653. The fourth-order valence-corrected chi connectivity index (χ4v) is 1.53. The van der Waals surface area contributed by atoms with Gasteiger partial charge < -0.3 is 9.88 Å². The Kier molecular flexibility index (Phi) is 2.85. The lowest BCUT2D eigenvalue weighted by atomic mass is 10.3. The van der Waals surface area contributed by atoms with Crippen LogP contribution in [0.4, 0.5) is 5.95 Å². The summed E-state index contributed by atoms with van der Waals surface area (Å²) >= 11 is 0. The molecular formula is C11H15N5. The molecule has 0 radical (unpaired) electrons. The maximum Gasteiger partial charge on any atom is 0.223 e. The third-order valence-corrected chi connectivity index (χ3v) is 2.24. The highest BCUT2D eigenvalue weighted by atomic mass is 15.1. The van der Waals surface area contributed by atoms with E-state index in [4.69, 9.17) is 0 Å². The fourth-order valence-electron chi connectivity index (χ4n) is 1.53. The van der Waals surface area contributed by atoms with Crippen molar-refractivity contribution in [3.8, 4) is 11.5 Å². The monoisotopic (exact) mass is 217 g/mol. The topological polar surface area (TPSA) is 55.6 Å². The normalized spacial score (nSPS) is 10.4. The zero-order valence-electron chi connectivity index (χ0n) is 9.73. The summed E-state index contributed by atoms with van der Waals surface area (Å²) in [4.78, 5) is 13.0. The van der Waals surface area contributed by atoms with Crippen LogP contribution in [0, 0.1) is 6.92 Å². The average molecular weight is 217 g/mol. The van der Waals surface area contributed by atoms with Gasteiger partial charge in [0.05, 0.1) is 0 Å². The second-order valence-corrected chi connectivity index (χ2v) is 3.61. The van der Waals surface area contributed by atoms with Crippen LogP contribution < -0.4 is 5.32 Å². The standard InChI is InChI=1S/C11H15N5/c1-4-12-11-14-8(2)7-9(15-11)10-13-5-6-16(10)3/h5-7H,4H2,1-3H3,(H,12,14,15). The lowest BCUT2D eigenvalue weighted by Gasteiger charge is -2.06. The smallest absolute Gasteiger partial charge is 0.223 e. The Balaban J connectivity index is 2.45. The highest BCUT2D eigenvalue weighted by Crippen LogP contribution is 2.16. The van der Waals surface area contributed by atoms with Crippen molar-refractivity contribution in [2.24, 2.45) is 7.05 Å². The van der Waals surface area contributed by atoms with Gasteiger partial charge in [-0.05, 0) is 19.9 Å². The Labute approximate surface area is 94.6 Å². The van der Waals surface area contributed by atoms with E-state index in [9.17, 15) is 0 Å². The van der Waals surface area contributed by atoms with Gasteiger partial charge in [-0.15, -0.1) is 0 Å². The molecule has 5 nitrogen and oxygen atoms in total. The van der Waals surface area contributed by atoms with Crippen LogP contribution in [0.3, 0.4) is 0 Å². The average Bonchev–Trinajstić information content (AvgIpc) is 2.64. The highest BCUT2D eigenvalue weighted by molar-refractivity contribution is 5.52. The van der Waals surface area contributed by atoms with E-state index >= 15 is 0 Å². The van der Waals surface area contributed by atoms with Gasteiger partial charge in [0.1, 0.15) is 5.69 Å². The van der Waals surface area contributed by atoms with Crippen molar-refractivity contribution in [2.75, 3.05) is 11.9 Å². The molecule has 0 aliphatic carbocycles. The van der Waals surface area contributed by atoms with E-state index in [1.54, 1.807) is 6.20 Å². The molecule has 0 atom stereocenters. The predicted octanol–water partition coefficient (Wildman–Crippen LogP) is 1.62. The van der Waals surface area contributed by atoms with Crippen LogP contribution in [0.1, 0.15) is 12.6 Å². The molecule has 2 rings (SSSR count). The molecule has 0 saturated heterocycles.